The first-order valence-corrected chi connectivity index (χ1v) is 5.37. The van der Waals surface area contributed by atoms with E-state index in [1.54, 1.807) is 7.11 Å². The summed E-state index contributed by atoms with van der Waals surface area (Å²) in [5.74, 6) is 0.363. The largest absolute Gasteiger partial charge is 0.484 e. The van der Waals surface area contributed by atoms with Gasteiger partial charge in [-0.25, -0.2) is 0 Å². The number of aryl methyl sites for hydroxylation is 1. The van der Waals surface area contributed by atoms with E-state index < -0.39 is 0 Å². The summed E-state index contributed by atoms with van der Waals surface area (Å²) in [4.78, 5) is 0. The first-order valence-electron chi connectivity index (χ1n) is 4.58. The van der Waals surface area contributed by atoms with E-state index >= 15 is 0 Å². The smallest absolute Gasteiger partial charge is 0.180 e. The number of methoxy groups -OCH3 is 1. The molecule has 1 rings (SSSR count). The molecule has 0 aliphatic heterocycles. The van der Waals surface area contributed by atoms with E-state index in [0.717, 1.165) is 17.3 Å². The quantitative estimate of drug-likeness (QED) is 0.650. The van der Waals surface area contributed by atoms with E-state index in [4.69, 9.17) is 10.1 Å². The molecule has 0 bridgehead atoms. The van der Waals surface area contributed by atoms with Crippen molar-refractivity contribution in [2.75, 3.05) is 7.11 Å². The van der Waals surface area contributed by atoms with Crippen molar-refractivity contribution < 1.29 is 4.74 Å². The molecule has 0 unspecified atom stereocenters. The van der Waals surface area contributed by atoms with Crippen molar-refractivity contribution in [1.29, 1.82) is 5.41 Å². The maximum Gasteiger partial charge on any atom is 0.180 e. The number of halogens is 1. The van der Waals surface area contributed by atoms with Gasteiger partial charge in [-0.3, -0.25) is 5.41 Å². The Morgan fingerprint density at radius 3 is 2.57 bits per heavy atom. The fourth-order valence-corrected chi connectivity index (χ4v) is 1.47. The van der Waals surface area contributed by atoms with E-state index in [0.29, 0.717) is 12.3 Å². The monoisotopic (exact) mass is 255 g/mol. The van der Waals surface area contributed by atoms with E-state index in [1.807, 2.05) is 12.1 Å². The summed E-state index contributed by atoms with van der Waals surface area (Å²) in [5, 5.41) is 7.31. The molecular weight excluding hydrogens is 242 g/mol. The molecule has 0 heterocycles. The molecule has 2 nitrogen and oxygen atoms in total. The summed E-state index contributed by atoms with van der Waals surface area (Å²) in [6, 6.07) is 8.27. The third kappa shape index (κ3) is 3.92. The fraction of sp³-hybridized carbons (Fsp3) is 0.364. The van der Waals surface area contributed by atoms with Gasteiger partial charge in [0.15, 0.2) is 5.90 Å². The number of nitrogens with one attached hydrogen (secondary N) is 1. The van der Waals surface area contributed by atoms with Crippen LogP contribution in [-0.4, -0.2) is 13.0 Å². The molecule has 14 heavy (non-hydrogen) atoms. The second-order valence-corrected chi connectivity index (χ2v) is 4.02. The van der Waals surface area contributed by atoms with Crippen molar-refractivity contribution in [3.63, 3.8) is 0 Å². The Hall–Kier alpha value is -0.830. The first-order chi connectivity index (χ1) is 6.72. The zero-order valence-corrected chi connectivity index (χ0v) is 9.80. The molecule has 76 valence electrons. The van der Waals surface area contributed by atoms with Crippen LogP contribution in [0.2, 0.25) is 0 Å². The first kappa shape index (κ1) is 11.2. The Kier molecular flexibility index (Phi) is 4.66. The van der Waals surface area contributed by atoms with Crippen molar-refractivity contribution in [3.8, 4) is 0 Å². The van der Waals surface area contributed by atoms with E-state index in [9.17, 15) is 0 Å². The van der Waals surface area contributed by atoms with Crippen LogP contribution in [0.25, 0.3) is 0 Å². The van der Waals surface area contributed by atoms with Crippen molar-refractivity contribution in [1.82, 2.24) is 0 Å². The van der Waals surface area contributed by atoms with Gasteiger partial charge in [-0.2, -0.15) is 0 Å². The van der Waals surface area contributed by atoms with Crippen LogP contribution in [0.5, 0.6) is 0 Å². The highest BCUT2D eigenvalue weighted by Gasteiger charge is 1.97. The van der Waals surface area contributed by atoms with E-state index in [-0.39, 0.29) is 0 Å². The topological polar surface area (TPSA) is 33.1 Å². The van der Waals surface area contributed by atoms with Gasteiger partial charge in [0.05, 0.1) is 7.11 Å². The lowest BCUT2D eigenvalue weighted by molar-refractivity contribution is 0.384. The van der Waals surface area contributed by atoms with Crippen LogP contribution >= 0.6 is 15.9 Å². The van der Waals surface area contributed by atoms with Gasteiger partial charge in [0.1, 0.15) is 0 Å². The Morgan fingerprint density at radius 2 is 2.00 bits per heavy atom. The number of benzene rings is 1. The molecule has 0 atom stereocenters. The predicted molar refractivity (Wildman–Crippen MR) is 61.8 cm³/mol. The lowest BCUT2D eigenvalue weighted by Crippen LogP contribution is -1.99. The highest BCUT2D eigenvalue weighted by molar-refractivity contribution is 9.10. The maximum atomic E-state index is 7.31. The molecule has 1 aromatic carbocycles. The molecule has 0 saturated carbocycles. The third-order valence-corrected chi connectivity index (χ3v) is 2.56. The molecule has 0 aliphatic rings. The number of hydrogen-bond acceptors (Lipinski definition) is 2. The maximum absolute atomic E-state index is 7.31. The van der Waals surface area contributed by atoms with Crippen LogP contribution in [0.1, 0.15) is 18.4 Å². The highest BCUT2D eigenvalue weighted by atomic mass is 79.9. The van der Waals surface area contributed by atoms with Gasteiger partial charge in [-0.15, -0.1) is 0 Å². The lowest BCUT2D eigenvalue weighted by Gasteiger charge is -2.02. The van der Waals surface area contributed by atoms with Gasteiger partial charge >= 0.3 is 0 Å². The Labute approximate surface area is 92.9 Å². The van der Waals surface area contributed by atoms with E-state index in [1.165, 1.54) is 5.56 Å². The van der Waals surface area contributed by atoms with E-state index in [2.05, 4.69) is 28.1 Å². The third-order valence-electron chi connectivity index (χ3n) is 2.03. The van der Waals surface area contributed by atoms with Crippen molar-refractivity contribution in [3.05, 3.63) is 34.3 Å². The summed E-state index contributed by atoms with van der Waals surface area (Å²) >= 11 is 3.39. The summed E-state index contributed by atoms with van der Waals surface area (Å²) in [6.45, 7) is 0. The second kappa shape index (κ2) is 5.81. The molecule has 0 radical (unpaired) electrons. The minimum atomic E-state index is 0.363. The lowest BCUT2D eigenvalue weighted by atomic mass is 10.1. The number of rotatable bonds is 4. The highest BCUT2D eigenvalue weighted by Crippen LogP contribution is 2.12. The number of hydrogen-bond donors (Lipinski definition) is 1. The van der Waals surface area contributed by atoms with Crippen LogP contribution in [0, 0.1) is 5.41 Å². The van der Waals surface area contributed by atoms with Gasteiger partial charge in [0, 0.05) is 10.9 Å². The zero-order valence-electron chi connectivity index (χ0n) is 8.22. The zero-order chi connectivity index (χ0) is 10.4. The molecule has 0 aromatic heterocycles. The van der Waals surface area contributed by atoms with Gasteiger partial charge in [0.25, 0.3) is 0 Å². The molecule has 0 aliphatic carbocycles. The summed E-state index contributed by atoms with van der Waals surface area (Å²) < 4.78 is 5.89. The van der Waals surface area contributed by atoms with Crippen molar-refractivity contribution >= 4 is 21.8 Å². The normalized spacial score (nSPS) is 9.86. The molecule has 0 saturated heterocycles. The SMILES string of the molecule is COC(=N)CCCc1ccc(Br)cc1. The van der Waals surface area contributed by atoms with Crippen LogP contribution in [-0.2, 0) is 11.2 Å². The number of ether oxygens (including phenoxy) is 1. The minimum absolute atomic E-state index is 0.363. The Bertz CT molecular complexity index is 295. The van der Waals surface area contributed by atoms with Gasteiger partial charge in [-0.1, -0.05) is 28.1 Å². The molecular formula is C11H14BrNO. The fourth-order valence-electron chi connectivity index (χ4n) is 1.21. The predicted octanol–water partition coefficient (Wildman–Crippen LogP) is 3.40. The van der Waals surface area contributed by atoms with Crippen molar-refractivity contribution in [2.45, 2.75) is 19.3 Å². The van der Waals surface area contributed by atoms with Crippen LogP contribution in [0.15, 0.2) is 28.7 Å². The molecule has 0 spiro atoms. The van der Waals surface area contributed by atoms with Crippen molar-refractivity contribution in [2.24, 2.45) is 0 Å². The molecule has 0 amide bonds. The second-order valence-electron chi connectivity index (χ2n) is 3.11. The summed E-state index contributed by atoms with van der Waals surface area (Å²) in [6.07, 6.45) is 2.68. The standard InChI is InChI=1S/C11H14BrNO/c1-14-11(13)4-2-3-9-5-7-10(12)8-6-9/h5-8,13H,2-4H2,1H3. The Morgan fingerprint density at radius 1 is 1.36 bits per heavy atom. The molecule has 1 aromatic rings. The van der Waals surface area contributed by atoms with Gasteiger partial charge in [-0.05, 0) is 30.5 Å². The Balaban J connectivity index is 2.31. The van der Waals surface area contributed by atoms with Gasteiger partial charge < -0.3 is 4.74 Å². The van der Waals surface area contributed by atoms with Crippen LogP contribution in [0.3, 0.4) is 0 Å². The summed E-state index contributed by atoms with van der Waals surface area (Å²) in [5.41, 5.74) is 1.30. The van der Waals surface area contributed by atoms with Gasteiger partial charge in [0.2, 0.25) is 0 Å². The minimum Gasteiger partial charge on any atom is -0.484 e. The average Bonchev–Trinajstić information content (AvgIpc) is 2.21. The molecule has 3 heteroatoms. The molecule has 1 N–H and O–H groups in total. The van der Waals surface area contributed by atoms with Crippen LogP contribution in [0.4, 0.5) is 0 Å². The van der Waals surface area contributed by atoms with Crippen LogP contribution < -0.4 is 0 Å². The summed E-state index contributed by atoms with van der Waals surface area (Å²) in [7, 11) is 1.54. The average molecular weight is 256 g/mol. The molecule has 0 fully saturated rings.